The minimum absolute atomic E-state index is 0.000132. The van der Waals surface area contributed by atoms with Gasteiger partial charge in [-0.3, -0.25) is 24.1 Å². The van der Waals surface area contributed by atoms with Crippen molar-refractivity contribution in [2.75, 3.05) is 11.9 Å². The van der Waals surface area contributed by atoms with Crippen LogP contribution in [0.15, 0.2) is 58.4 Å². The Hall–Kier alpha value is -3.90. The van der Waals surface area contributed by atoms with E-state index in [1.54, 1.807) is 11.8 Å². The van der Waals surface area contributed by atoms with Crippen LogP contribution in [0.5, 0.6) is 5.75 Å². The quantitative estimate of drug-likeness (QED) is 0.279. The van der Waals surface area contributed by atoms with Crippen LogP contribution in [0.4, 0.5) is 5.69 Å². The first kappa shape index (κ1) is 30.7. The second-order valence-corrected chi connectivity index (χ2v) is 15.4. The standard InChI is InChI=1S/C34H35N3O7S2/c1-15(2)12-22(33(41)42)37-31(39)26-19-13-20(27(26)32(37)40)28-25(19)24(29-30(45-28)36-34(43)46-29)17-8-10-18(11-9-17)44-14-23(38)35-21-7-5-4-6-16(21)3/h4-11,15,19-20,22,24-28H,12-14H2,1-3H3,(H,35,38)(H,36,43)(H,41,42)/t19?,20?,22?,24-,25?,26?,27?,28?/m1/s1. The van der Waals surface area contributed by atoms with E-state index in [4.69, 9.17) is 4.74 Å². The highest BCUT2D eigenvalue weighted by Gasteiger charge is 2.70. The number of carbonyl (C=O) groups excluding carboxylic acids is 3. The number of para-hydroxylation sites is 1. The molecule has 1 saturated heterocycles. The number of anilines is 1. The van der Waals surface area contributed by atoms with Gasteiger partial charge in [-0.05, 0) is 72.8 Å². The number of amides is 3. The molecule has 3 fully saturated rings. The van der Waals surface area contributed by atoms with Crippen molar-refractivity contribution in [3.63, 3.8) is 0 Å². The fourth-order valence-corrected chi connectivity index (χ4v) is 11.2. The van der Waals surface area contributed by atoms with Crippen molar-refractivity contribution in [3.05, 3.63) is 74.2 Å². The fraction of sp³-hybridized carbons (Fsp3) is 0.441. The van der Waals surface area contributed by atoms with Gasteiger partial charge in [0, 0.05) is 21.7 Å². The van der Waals surface area contributed by atoms with Crippen LogP contribution in [0.1, 0.15) is 48.6 Å². The Morgan fingerprint density at radius 1 is 1.04 bits per heavy atom. The highest BCUT2D eigenvalue weighted by Crippen LogP contribution is 2.68. The highest BCUT2D eigenvalue weighted by molar-refractivity contribution is 8.00. The maximum atomic E-state index is 13.9. The molecule has 3 N–H and O–H groups in total. The number of thiazole rings is 1. The number of rotatable bonds is 9. The molecule has 3 aromatic rings. The number of aromatic amines is 1. The van der Waals surface area contributed by atoms with Crippen LogP contribution < -0.4 is 14.9 Å². The lowest BCUT2D eigenvalue weighted by molar-refractivity contribution is -0.156. The summed E-state index contributed by atoms with van der Waals surface area (Å²) in [5, 5.41) is 13.7. The smallest absolute Gasteiger partial charge is 0.326 e. The summed E-state index contributed by atoms with van der Waals surface area (Å²) in [7, 11) is 0. The first-order valence-corrected chi connectivity index (χ1v) is 17.3. The molecule has 2 bridgehead atoms. The van der Waals surface area contributed by atoms with Gasteiger partial charge < -0.3 is 20.1 Å². The van der Waals surface area contributed by atoms with Crippen LogP contribution in [0.3, 0.4) is 0 Å². The zero-order valence-corrected chi connectivity index (χ0v) is 27.2. The van der Waals surface area contributed by atoms with Gasteiger partial charge in [0.15, 0.2) is 6.61 Å². The number of hydrogen-bond donors (Lipinski definition) is 3. The molecule has 2 aliphatic heterocycles. The van der Waals surface area contributed by atoms with Crippen molar-refractivity contribution < 1.29 is 29.0 Å². The number of nitrogens with zero attached hydrogens (tertiary/aromatic N) is 1. The lowest BCUT2D eigenvalue weighted by Crippen LogP contribution is -2.47. The number of H-pyrrole nitrogens is 1. The zero-order chi connectivity index (χ0) is 32.4. The summed E-state index contributed by atoms with van der Waals surface area (Å²) in [6.45, 7) is 5.53. The van der Waals surface area contributed by atoms with E-state index in [0.717, 1.165) is 38.0 Å². The number of thioether (sulfide) groups is 1. The number of imide groups is 1. The van der Waals surface area contributed by atoms with Gasteiger partial charge >= 0.3 is 10.8 Å². The number of carboxylic acids is 1. The third-order valence-corrected chi connectivity index (χ3v) is 12.7. The summed E-state index contributed by atoms with van der Waals surface area (Å²) in [6.07, 6.45) is 0.935. The van der Waals surface area contributed by atoms with Crippen LogP contribution in [-0.2, 0) is 19.2 Å². The number of hydrogen-bond acceptors (Lipinski definition) is 8. The van der Waals surface area contributed by atoms with Crippen LogP contribution in [0.2, 0.25) is 0 Å². The number of likely N-dealkylation sites (tertiary alicyclic amines) is 1. The van der Waals surface area contributed by atoms with Gasteiger partial charge in [-0.2, -0.15) is 0 Å². The summed E-state index contributed by atoms with van der Waals surface area (Å²) < 4.78 is 5.79. The maximum absolute atomic E-state index is 13.9. The van der Waals surface area contributed by atoms with Crippen LogP contribution in [0.25, 0.3) is 0 Å². The Bertz CT molecular complexity index is 1780. The van der Waals surface area contributed by atoms with Crippen molar-refractivity contribution in [3.8, 4) is 5.75 Å². The molecule has 3 amide bonds. The van der Waals surface area contributed by atoms with Gasteiger partial charge in [0.2, 0.25) is 11.8 Å². The maximum Gasteiger partial charge on any atom is 0.326 e. The van der Waals surface area contributed by atoms with E-state index in [1.165, 1.54) is 11.3 Å². The largest absolute Gasteiger partial charge is 0.484 e. The second kappa shape index (κ2) is 11.7. The van der Waals surface area contributed by atoms with Crippen LogP contribution in [0, 0.1) is 42.4 Å². The molecule has 0 spiro atoms. The molecule has 12 heteroatoms. The number of fused-ring (bicyclic) bond motifs is 9. The molecule has 240 valence electrons. The molecule has 3 heterocycles. The highest BCUT2D eigenvalue weighted by atomic mass is 32.2. The molecule has 7 unspecified atom stereocenters. The number of ether oxygens (including phenoxy) is 1. The predicted molar refractivity (Wildman–Crippen MR) is 173 cm³/mol. The average Bonchev–Trinajstić information content (AvgIpc) is 3.75. The molecule has 7 rings (SSSR count). The number of carbonyl (C=O) groups is 4. The van der Waals surface area contributed by atoms with E-state index >= 15 is 0 Å². The minimum atomic E-state index is -1.17. The Balaban J connectivity index is 1.14. The topological polar surface area (TPSA) is 146 Å². The monoisotopic (exact) mass is 661 g/mol. The number of benzene rings is 2. The van der Waals surface area contributed by atoms with Crippen molar-refractivity contribution in [2.24, 2.45) is 35.5 Å². The Morgan fingerprint density at radius 2 is 1.74 bits per heavy atom. The van der Waals surface area contributed by atoms with Crippen molar-refractivity contribution >= 4 is 52.5 Å². The molecule has 46 heavy (non-hydrogen) atoms. The summed E-state index contributed by atoms with van der Waals surface area (Å²) in [5.41, 5.74) is 2.65. The molecule has 1 aromatic heterocycles. The minimum Gasteiger partial charge on any atom is -0.484 e. The van der Waals surface area contributed by atoms with Crippen LogP contribution >= 0.6 is 23.1 Å². The van der Waals surface area contributed by atoms with Crippen molar-refractivity contribution in [1.29, 1.82) is 0 Å². The fourth-order valence-electron chi connectivity index (χ4n) is 8.30. The molecule has 2 saturated carbocycles. The van der Waals surface area contributed by atoms with Gasteiger partial charge in [-0.25, -0.2) is 4.79 Å². The van der Waals surface area contributed by atoms with Gasteiger partial charge in [-0.15, -0.1) is 11.8 Å². The third-order valence-electron chi connectivity index (χ3n) is 10.1. The van der Waals surface area contributed by atoms with Gasteiger partial charge in [0.05, 0.1) is 16.9 Å². The van der Waals surface area contributed by atoms with Crippen molar-refractivity contribution in [2.45, 2.75) is 55.8 Å². The molecular formula is C34H35N3O7S2. The van der Waals surface area contributed by atoms with Crippen LogP contribution in [-0.4, -0.2) is 56.6 Å². The number of nitrogens with one attached hydrogen (secondary N) is 2. The van der Waals surface area contributed by atoms with E-state index in [1.807, 2.05) is 69.3 Å². The number of aryl methyl sites for hydroxylation is 1. The average molecular weight is 662 g/mol. The van der Waals surface area contributed by atoms with Gasteiger partial charge in [0.1, 0.15) is 11.8 Å². The SMILES string of the molecule is Cc1ccccc1NC(=O)COc1ccc([C@H]2c3sc(=O)[nH]c3SC3C4CC(C5C(=O)N(C(CC(C)C)C(=O)O)C(=O)C45)C32)cc1. The zero-order valence-electron chi connectivity index (χ0n) is 25.6. The molecule has 0 radical (unpaired) electrons. The Kier molecular flexibility index (Phi) is 7.83. The molecule has 10 nitrogen and oxygen atoms in total. The Morgan fingerprint density at radius 3 is 2.41 bits per heavy atom. The lowest BCUT2D eigenvalue weighted by atomic mass is 9.68. The third kappa shape index (κ3) is 5.06. The van der Waals surface area contributed by atoms with E-state index < -0.39 is 23.8 Å². The predicted octanol–water partition coefficient (Wildman–Crippen LogP) is 4.73. The number of carboxylic acid groups (broad SMARTS) is 1. The van der Waals surface area contributed by atoms with Gasteiger partial charge in [0.25, 0.3) is 5.91 Å². The lowest BCUT2D eigenvalue weighted by Gasteiger charge is -2.43. The first-order chi connectivity index (χ1) is 22.0. The normalized spacial score (nSPS) is 28.2. The van der Waals surface area contributed by atoms with E-state index in [9.17, 15) is 29.1 Å². The summed E-state index contributed by atoms with van der Waals surface area (Å²) >= 11 is 2.77. The summed E-state index contributed by atoms with van der Waals surface area (Å²) in [6, 6.07) is 13.9. The molecule has 2 aliphatic carbocycles. The summed E-state index contributed by atoms with van der Waals surface area (Å²) in [5.74, 6) is -3.09. The Labute approximate surface area is 273 Å². The number of aromatic nitrogens is 1. The van der Waals surface area contributed by atoms with E-state index in [2.05, 4.69) is 10.3 Å². The second-order valence-electron chi connectivity index (χ2n) is 13.2. The molecular weight excluding hydrogens is 627 g/mol. The first-order valence-electron chi connectivity index (χ1n) is 15.6. The van der Waals surface area contributed by atoms with Crippen molar-refractivity contribution in [1.82, 2.24) is 9.88 Å². The van der Waals surface area contributed by atoms with E-state index in [0.29, 0.717) is 5.75 Å². The van der Waals surface area contributed by atoms with Gasteiger partial charge in [-0.1, -0.05) is 55.5 Å². The molecule has 4 aliphatic rings. The molecule has 2 aromatic carbocycles. The molecule has 8 atom stereocenters. The number of aliphatic carboxylic acids is 1. The summed E-state index contributed by atoms with van der Waals surface area (Å²) in [4.78, 5) is 69.9. The van der Waals surface area contributed by atoms with E-state index in [-0.39, 0.29) is 70.5 Å².